The van der Waals surface area contributed by atoms with Crippen molar-refractivity contribution >= 4 is 28.5 Å². The Morgan fingerprint density at radius 2 is 2.00 bits per heavy atom. The minimum absolute atomic E-state index is 0.0273. The minimum atomic E-state index is -0.0273. The SMILES string of the molecule is CC(C)C1C(=O)N(C(C)(C)C)CCC1CI. The molecule has 0 bridgehead atoms. The van der Waals surface area contributed by atoms with E-state index in [1.807, 2.05) is 0 Å². The number of halogens is 1. The lowest BCUT2D eigenvalue weighted by Crippen LogP contribution is -2.55. The number of amides is 1. The summed E-state index contributed by atoms with van der Waals surface area (Å²) in [7, 11) is 0. The highest BCUT2D eigenvalue weighted by atomic mass is 127. The van der Waals surface area contributed by atoms with Crippen molar-refractivity contribution in [3.8, 4) is 0 Å². The van der Waals surface area contributed by atoms with Crippen molar-refractivity contribution in [1.29, 1.82) is 0 Å². The molecular weight excluding hydrogens is 313 g/mol. The van der Waals surface area contributed by atoms with E-state index in [2.05, 4.69) is 62.1 Å². The summed E-state index contributed by atoms with van der Waals surface area (Å²) >= 11 is 2.42. The van der Waals surface area contributed by atoms with Gasteiger partial charge in [-0.05, 0) is 39.0 Å². The maximum Gasteiger partial charge on any atom is 0.226 e. The molecule has 0 aromatic rings. The highest BCUT2D eigenvalue weighted by Crippen LogP contribution is 2.34. The van der Waals surface area contributed by atoms with Crippen LogP contribution in [0.2, 0.25) is 0 Å². The number of hydrogen-bond acceptors (Lipinski definition) is 1. The zero-order valence-electron chi connectivity index (χ0n) is 11.1. The van der Waals surface area contributed by atoms with Crippen molar-refractivity contribution in [2.75, 3.05) is 11.0 Å². The fourth-order valence-corrected chi connectivity index (χ4v) is 3.62. The summed E-state index contributed by atoms with van der Waals surface area (Å²) in [5.74, 6) is 1.63. The second-order valence-corrected chi connectivity index (χ2v) is 7.01. The topological polar surface area (TPSA) is 20.3 Å². The van der Waals surface area contributed by atoms with Crippen LogP contribution in [0.3, 0.4) is 0 Å². The molecule has 1 amide bonds. The zero-order valence-corrected chi connectivity index (χ0v) is 13.2. The molecule has 2 nitrogen and oxygen atoms in total. The van der Waals surface area contributed by atoms with Gasteiger partial charge in [0.1, 0.15) is 0 Å². The number of likely N-dealkylation sites (tertiary alicyclic amines) is 1. The Morgan fingerprint density at radius 3 is 2.38 bits per heavy atom. The Balaban J connectivity index is 2.89. The van der Waals surface area contributed by atoms with Crippen LogP contribution in [0.5, 0.6) is 0 Å². The first-order valence-corrected chi connectivity index (χ1v) is 7.69. The van der Waals surface area contributed by atoms with E-state index in [-0.39, 0.29) is 11.5 Å². The summed E-state index contributed by atoms with van der Waals surface area (Å²) in [6.45, 7) is 11.7. The van der Waals surface area contributed by atoms with E-state index >= 15 is 0 Å². The second kappa shape index (κ2) is 5.23. The molecule has 1 aliphatic rings. The van der Waals surface area contributed by atoms with Crippen molar-refractivity contribution in [1.82, 2.24) is 4.90 Å². The largest absolute Gasteiger partial charge is 0.338 e. The number of carbonyl (C=O) groups excluding carboxylic acids is 1. The predicted molar refractivity (Wildman–Crippen MR) is 76.8 cm³/mol. The minimum Gasteiger partial charge on any atom is -0.338 e. The Morgan fingerprint density at radius 1 is 1.44 bits per heavy atom. The van der Waals surface area contributed by atoms with Crippen molar-refractivity contribution in [3.63, 3.8) is 0 Å². The van der Waals surface area contributed by atoms with Gasteiger partial charge in [0.25, 0.3) is 0 Å². The van der Waals surface area contributed by atoms with E-state index in [4.69, 9.17) is 0 Å². The van der Waals surface area contributed by atoms with Gasteiger partial charge in [-0.25, -0.2) is 0 Å². The molecule has 0 spiro atoms. The molecule has 0 radical (unpaired) electrons. The summed E-state index contributed by atoms with van der Waals surface area (Å²) in [5, 5.41) is 0. The van der Waals surface area contributed by atoms with Gasteiger partial charge in [0.05, 0.1) is 0 Å². The van der Waals surface area contributed by atoms with Gasteiger partial charge in [0.15, 0.2) is 0 Å². The Hall–Kier alpha value is 0.200. The number of hydrogen-bond donors (Lipinski definition) is 0. The van der Waals surface area contributed by atoms with E-state index in [0.29, 0.717) is 17.7 Å². The van der Waals surface area contributed by atoms with Crippen LogP contribution >= 0.6 is 22.6 Å². The fraction of sp³-hybridized carbons (Fsp3) is 0.923. The molecule has 1 rings (SSSR count). The molecule has 94 valence electrons. The summed E-state index contributed by atoms with van der Waals surface area (Å²) in [6, 6.07) is 0. The molecule has 1 aliphatic heterocycles. The first-order chi connectivity index (χ1) is 7.29. The monoisotopic (exact) mass is 337 g/mol. The lowest BCUT2D eigenvalue weighted by Gasteiger charge is -2.45. The lowest BCUT2D eigenvalue weighted by molar-refractivity contribution is -0.148. The smallest absolute Gasteiger partial charge is 0.226 e. The van der Waals surface area contributed by atoms with Crippen molar-refractivity contribution < 1.29 is 4.79 Å². The number of rotatable bonds is 2. The van der Waals surface area contributed by atoms with Gasteiger partial charge in [-0.1, -0.05) is 36.4 Å². The van der Waals surface area contributed by atoms with E-state index < -0.39 is 0 Å². The molecule has 0 aromatic heterocycles. The van der Waals surface area contributed by atoms with Crippen LogP contribution < -0.4 is 0 Å². The van der Waals surface area contributed by atoms with Crippen LogP contribution in [0.15, 0.2) is 0 Å². The van der Waals surface area contributed by atoms with Gasteiger partial charge in [-0.3, -0.25) is 4.79 Å². The normalized spacial score (nSPS) is 27.7. The van der Waals surface area contributed by atoms with E-state index in [9.17, 15) is 4.79 Å². The average Bonchev–Trinajstić information content (AvgIpc) is 2.14. The van der Waals surface area contributed by atoms with Crippen LogP contribution in [-0.2, 0) is 4.79 Å². The van der Waals surface area contributed by atoms with Crippen molar-refractivity contribution in [3.05, 3.63) is 0 Å². The molecule has 2 atom stereocenters. The van der Waals surface area contributed by atoms with Gasteiger partial charge < -0.3 is 4.90 Å². The van der Waals surface area contributed by atoms with Crippen LogP contribution in [0.1, 0.15) is 41.0 Å². The molecule has 0 aliphatic carbocycles. The van der Waals surface area contributed by atoms with Crippen molar-refractivity contribution in [2.45, 2.75) is 46.6 Å². The van der Waals surface area contributed by atoms with Crippen LogP contribution in [0.4, 0.5) is 0 Å². The highest BCUT2D eigenvalue weighted by Gasteiger charge is 2.41. The molecule has 1 heterocycles. The number of nitrogens with zero attached hydrogens (tertiary/aromatic N) is 1. The summed E-state index contributed by atoms with van der Waals surface area (Å²) < 4.78 is 1.10. The molecule has 1 saturated heterocycles. The van der Waals surface area contributed by atoms with Gasteiger partial charge in [-0.15, -0.1) is 0 Å². The van der Waals surface area contributed by atoms with Gasteiger partial charge in [0.2, 0.25) is 5.91 Å². The standard InChI is InChI=1S/C13H24INO/c1-9(2)11-10(8-14)6-7-15(12(11)16)13(3,4)5/h9-11H,6-8H2,1-5H3. The second-order valence-electron chi connectivity index (χ2n) is 6.13. The Kier molecular flexibility index (Phi) is 4.66. The van der Waals surface area contributed by atoms with Gasteiger partial charge in [0, 0.05) is 22.4 Å². The van der Waals surface area contributed by atoms with Crippen LogP contribution in [-0.4, -0.2) is 27.3 Å². The first-order valence-electron chi connectivity index (χ1n) is 6.16. The Labute approximate surface area is 113 Å². The number of piperidine rings is 1. The van der Waals surface area contributed by atoms with Crippen LogP contribution in [0.25, 0.3) is 0 Å². The molecule has 2 unspecified atom stereocenters. The quantitative estimate of drug-likeness (QED) is 0.559. The third-order valence-corrected chi connectivity index (χ3v) is 4.64. The molecule has 1 fully saturated rings. The fourth-order valence-electron chi connectivity index (χ4n) is 2.63. The highest BCUT2D eigenvalue weighted by molar-refractivity contribution is 14.1. The molecule has 0 aromatic carbocycles. The van der Waals surface area contributed by atoms with Gasteiger partial charge >= 0.3 is 0 Å². The maximum atomic E-state index is 12.5. The van der Waals surface area contributed by atoms with Gasteiger partial charge in [-0.2, -0.15) is 0 Å². The Bertz CT molecular complexity index is 257. The lowest BCUT2D eigenvalue weighted by atomic mass is 9.77. The number of alkyl halides is 1. The first kappa shape index (κ1) is 14.3. The summed E-state index contributed by atoms with van der Waals surface area (Å²) in [6.07, 6.45) is 1.16. The predicted octanol–water partition coefficient (Wildman–Crippen LogP) is 3.34. The summed E-state index contributed by atoms with van der Waals surface area (Å²) in [5.41, 5.74) is -0.0273. The van der Waals surface area contributed by atoms with E-state index in [0.717, 1.165) is 17.4 Å². The zero-order chi connectivity index (χ0) is 12.5. The third kappa shape index (κ3) is 2.90. The maximum absolute atomic E-state index is 12.5. The molecular formula is C13H24INO. The summed E-state index contributed by atoms with van der Waals surface area (Å²) in [4.78, 5) is 14.6. The van der Waals surface area contributed by atoms with Crippen LogP contribution in [0, 0.1) is 17.8 Å². The average molecular weight is 337 g/mol. The van der Waals surface area contributed by atoms with E-state index in [1.165, 1.54) is 0 Å². The molecule has 16 heavy (non-hydrogen) atoms. The molecule has 3 heteroatoms. The molecule has 0 N–H and O–H groups in total. The van der Waals surface area contributed by atoms with E-state index in [1.54, 1.807) is 0 Å². The van der Waals surface area contributed by atoms with Crippen molar-refractivity contribution in [2.24, 2.45) is 17.8 Å². The molecule has 0 saturated carbocycles. The number of carbonyl (C=O) groups is 1. The third-order valence-electron chi connectivity index (χ3n) is 3.51.